The van der Waals surface area contributed by atoms with Crippen LogP contribution in [0.2, 0.25) is 0 Å². The number of rotatable bonds is 3. The lowest BCUT2D eigenvalue weighted by molar-refractivity contribution is 0.0935. The number of thiazole rings is 1. The molecule has 18 heavy (non-hydrogen) atoms. The Morgan fingerprint density at radius 1 is 1.50 bits per heavy atom. The first kappa shape index (κ1) is 12.7. The third-order valence-electron chi connectivity index (χ3n) is 2.52. The van der Waals surface area contributed by atoms with E-state index in [1.807, 2.05) is 20.8 Å². The first-order chi connectivity index (χ1) is 8.47. The molecule has 0 bridgehead atoms. The molecular weight excluding hydrogens is 250 g/mol. The van der Waals surface area contributed by atoms with E-state index in [2.05, 4.69) is 20.6 Å². The van der Waals surface area contributed by atoms with Crippen molar-refractivity contribution in [2.24, 2.45) is 7.05 Å². The van der Waals surface area contributed by atoms with Gasteiger partial charge in [0.05, 0.1) is 22.9 Å². The van der Waals surface area contributed by atoms with Crippen molar-refractivity contribution in [3.05, 3.63) is 27.5 Å². The van der Waals surface area contributed by atoms with E-state index in [9.17, 15) is 4.79 Å². The van der Waals surface area contributed by atoms with Crippen molar-refractivity contribution in [2.75, 3.05) is 0 Å². The zero-order chi connectivity index (χ0) is 13.3. The Balaban J connectivity index is 2.10. The van der Waals surface area contributed by atoms with Crippen LogP contribution >= 0.6 is 11.3 Å². The van der Waals surface area contributed by atoms with E-state index in [4.69, 9.17) is 0 Å². The van der Waals surface area contributed by atoms with Crippen molar-refractivity contribution < 1.29 is 4.79 Å². The van der Waals surface area contributed by atoms with Gasteiger partial charge in [0.2, 0.25) is 0 Å². The largest absolute Gasteiger partial charge is 0.343 e. The second kappa shape index (κ2) is 4.85. The van der Waals surface area contributed by atoms with Crippen LogP contribution < -0.4 is 5.32 Å². The molecule has 0 saturated carbocycles. The van der Waals surface area contributed by atoms with Crippen molar-refractivity contribution in [1.29, 1.82) is 0 Å². The lowest BCUT2D eigenvalue weighted by atomic mass is 10.2. The molecule has 6 nitrogen and oxygen atoms in total. The Bertz CT molecular complexity index is 574. The van der Waals surface area contributed by atoms with Crippen LogP contribution in [-0.4, -0.2) is 25.9 Å². The summed E-state index contributed by atoms with van der Waals surface area (Å²) in [6, 6.07) is -0.0780. The molecule has 0 fully saturated rings. The molecule has 0 spiro atoms. The van der Waals surface area contributed by atoms with Gasteiger partial charge in [-0.1, -0.05) is 5.21 Å². The van der Waals surface area contributed by atoms with Crippen molar-refractivity contribution >= 4 is 17.2 Å². The highest BCUT2D eigenvalue weighted by molar-refractivity contribution is 7.11. The van der Waals surface area contributed by atoms with Crippen LogP contribution in [0.4, 0.5) is 0 Å². The number of nitrogens with zero attached hydrogens (tertiary/aromatic N) is 4. The molecule has 0 aliphatic carbocycles. The van der Waals surface area contributed by atoms with E-state index >= 15 is 0 Å². The molecule has 1 amide bonds. The lowest BCUT2D eigenvalue weighted by Gasteiger charge is -2.11. The van der Waals surface area contributed by atoms with E-state index < -0.39 is 0 Å². The average Bonchev–Trinajstić information content (AvgIpc) is 2.84. The number of carbonyl (C=O) groups excluding carboxylic acids is 1. The number of nitrogens with one attached hydrogen (secondary N) is 1. The molecule has 2 heterocycles. The molecule has 96 valence electrons. The summed E-state index contributed by atoms with van der Waals surface area (Å²) in [6.07, 6.45) is 1.59. The fourth-order valence-corrected chi connectivity index (χ4v) is 2.67. The Morgan fingerprint density at radius 2 is 2.22 bits per heavy atom. The van der Waals surface area contributed by atoms with Crippen molar-refractivity contribution in [1.82, 2.24) is 25.3 Å². The molecule has 0 radical (unpaired) electrons. The summed E-state index contributed by atoms with van der Waals surface area (Å²) < 4.78 is 1.50. The zero-order valence-corrected chi connectivity index (χ0v) is 11.6. The van der Waals surface area contributed by atoms with Gasteiger partial charge in [-0.25, -0.2) is 4.98 Å². The predicted molar refractivity (Wildman–Crippen MR) is 68.5 cm³/mol. The Kier molecular flexibility index (Phi) is 3.42. The molecule has 0 saturated heterocycles. The van der Waals surface area contributed by atoms with Crippen molar-refractivity contribution in [2.45, 2.75) is 26.8 Å². The number of carbonyl (C=O) groups is 1. The molecule has 1 atom stereocenters. The summed E-state index contributed by atoms with van der Waals surface area (Å²) in [5, 5.41) is 11.4. The van der Waals surface area contributed by atoms with Gasteiger partial charge in [-0.2, -0.15) is 0 Å². The minimum absolute atomic E-state index is 0.0780. The van der Waals surface area contributed by atoms with Gasteiger partial charge < -0.3 is 5.32 Å². The number of hydrogen-bond acceptors (Lipinski definition) is 5. The van der Waals surface area contributed by atoms with Crippen molar-refractivity contribution in [3.8, 4) is 0 Å². The van der Waals surface area contributed by atoms with Crippen LogP contribution in [0.1, 0.15) is 39.0 Å². The maximum absolute atomic E-state index is 11.9. The molecule has 1 N–H and O–H groups in total. The van der Waals surface area contributed by atoms with Gasteiger partial charge in [-0.05, 0) is 20.8 Å². The second-order valence-electron chi connectivity index (χ2n) is 4.16. The van der Waals surface area contributed by atoms with Crippen LogP contribution in [0, 0.1) is 13.8 Å². The summed E-state index contributed by atoms with van der Waals surface area (Å²) in [5.74, 6) is -0.221. The van der Waals surface area contributed by atoms with Crippen LogP contribution in [-0.2, 0) is 7.05 Å². The first-order valence-corrected chi connectivity index (χ1v) is 6.40. The van der Waals surface area contributed by atoms with E-state index in [-0.39, 0.29) is 11.9 Å². The van der Waals surface area contributed by atoms with Crippen LogP contribution in [0.25, 0.3) is 0 Å². The zero-order valence-electron chi connectivity index (χ0n) is 10.8. The normalized spacial score (nSPS) is 12.4. The average molecular weight is 265 g/mol. The molecular formula is C11H15N5OS. The number of amides is 1. The van der Waals surface area contributed by atoms with Gasteiger partial charge in [-0.15, -0.1) is 16.4 Å². The topological polar surface area (TPSA) is 72.7 Å². The minimum atomic E-state index is -0.221. The van der Waals surface area contributed by atoms with Crippen LogP contribution in [0.3, 0.4) is 0 Å². The van der Waals surface area contributed by atoms with E-state index in [0.29, 0.717) is 5.69 Å². The van der Waals surface area contributed by atoms with Crippen LogP contribution in [0.5, 0.6) is 0 Å². The first-order valence-electron chi connectivity index (χ1n) is 5.58. The fraction of sp³-hybridized carbons (Fsp3) is 0.455. The molecule has 2 aromatic rings. The Hall–Kier alpha value is -1.76. The monoisotopic (exact) mass is 265 g/mol. The second-order valence-corrected chi connectivity index (χ2v) is 5.39. The SMILES string of the molecule is Cc1nc(C)c(C(C)NC(=O)c2cn(C)nn2)s1. The van der Waals surface area contributed by atoms with E-state index in [1.165, 1.54) is 4.68 Å². The maximum atomic E-state index is 11.9. The maximum Gasteiger partial charge on any atom is 0.273 e. The summed E-state index contributed by atoms with van der Waals surface area (Å²) in [5.41, 5.74) is 1.28. The summed E-state index contributed by atoms with van der Waals surface area (Å²) >= 11 is 1.60. The third kappa shape index (κ3) is 2.56. The summed E-state index contributed by atoms with van der Waals surface area (Å²) in [7, 11) is 1.73. The highest BCUT2D eigenvalue weighted by Gasteiger charge is 2.17. The van der Waals surface area contributed by atoms with Gasteiger partial charge in [0.15, 0.2) is 5.69 Å². The molecule has 0 aromatic carbocycles. The Labute approximate surface area is 109 Å². The van der Waals surface area contributed by atoms with E-state index in [1.54, 1.807) is 24.6 Å². The molecule has 1 unspecified atom stereocenters. The Morgan fingerprint density at radius 3 is 2.72 bits per heavy atom. The lowest BCUT2D eigenvalue weighted by Crippen LogP contribution is -2.26. The minimum Gasteiger partial charge on any atom is -0.343 e. The predicted octanol–water partition coefficient (Wildman–Crippen LogP) is 1.38. The fourth-order valence-electron chi connectivity index (χ4n) is 1.74. The standard InChI is InChI=1S/C11H15N5OS/c1-6-10(18-8(3)12-6)7(2)13-11(17)9-5-16(4)15-14-9/h5,7H,1-4H3,(H,13,17). The van der Waals surface area contributed by atoms with Gasteiger partial charge in [-0.3, -0.25) is 9.48 Å². The van der Waals surface area contributed by atoms with Gasteiger partial charge in [0.25, 0.3) is 5.91 Å². The number of hydrogen-bond donors (Lipinski definition) is 1. The smallest absolute Gasteiger partial charge is 0.273 e. The quantitative estimate of drug-likeness (QED) is 0.910. The number of aryl methyl sites for hydroxylation is 3. The molecule has 2 rings (SSSR count). The van der Waals surface area contributed by atoms with Gasteiger partial charge in [0, 0.05) is 11.9 Å². The van der Waals surface area contributed by atoms with Crippen molar-refractivity contribution in [3.63, 3.8) is 0 Å². The highest BCUT2D eigenvalue weighted by atomic mass is 32.1. The highest BCUT2D eigenvalue weighted by Crippen LogP contribution is 2.24. The summed E-state index contributed by atoms with van der Waals surface area (Å²) in [4.78, 5) is 17.3. The third-order valence-corrected chi connectivity index (χ3v) is 3.77. The number of aromatic nitrogens is 4. The van der Waals surface area contributed by atoms with Gasteiger partial charge >= 0.3 is 0 Å². The van der Waals surface area contributed by atoms with Gasteiger partial charge in [0.1, 0.15) is 0 Å². The molecule has 7 heteroatoms. The van der Waals surface area contributed by atoms with Crippen LogP contribution in [0.15, 0.2) is 6.20 Å². The molecule has 0 aliphatic heterocycles. The molecule has 0 aliphatic rings. The van der Waals surface area contributed by atoms with E-state index in [0.717, 1.165) is 15.6 Å². The summed E-state index contributed by atoms with van der Waals surface area (Å²) in [6.45, 7) is 5.84. The molecule has 2 aromatic heterocycles.